The Morgan fingerprint density at radius 2 is 2.17 bits per heavy atom. The monoisotopic (exact) mass is 250 g/mol. The van der Waals surface area contributed by atoms with E-state index in [4.69, 9.17) is 5.11 Å². The van der Waals surface area contributed by atoms with Gasteiger partial charge in [-0.25, -0.2) is 9.97 Å². The lowest BCUT2D eigenvalue weighted by Gasteiger charge is -2.21. The number of hydrogen-bond donors (Lipinski definition) is 2. The number of aliphatic hydroxyl groups is 1. The summed E-state index contributed by atoms with van der Waals surface area (Å²) in [6.45, 7) is 6.26. The van der Waals surface area contributed by atoms with E-state index in [1.165, 1.54) is 0 Å². The minimum absolute atomic E-state index is 0.280. The van der Waals surface area contributed by atoms with Crippen LogP contribution in [0.5, 0.6) is 0 Å². The Kier molecular flexibility index (Phi) is 4.01. The first-order valence-corrected chi connectivity index (χ1v) is 6.54. The number of aromatic nitrogens is 2. The third kappa shape index (κ3) is 2.56. The van der Waals surface area contributed by atoms with E-state index in [0.29, 0.717) is 5.92 Å². The third-order valence-electron chi connectivity index (χ3n) is 3.59. The van der Waals surface area contributed by atoms with Crippen molar-refractivity contribution in [2.75, 3.05) is 37.0 Å². The Morgan fingerprint density at radius 1 is 1.39 bits per heavy atom. The molecule has 0 aromatic carbocycles. The zero-order valence-corrected chi connectivity index (χ0v) is 11.4. The highest BCUT2D eigenvalue weighted by Crippen LogP contribution is 2.29. The van der Waals surface area contributed by atoms with Gasteiger partial charge in [-0.2, -0.15) is 0 Å². The van der Waals surface area contributed by atoms with Crippen molar-refractivity contribution in [2.45, 2.75) is 26.7 Å². The van der Waals surface area contributed by atoms with Gasteiger partial charge in [0.15, 0.2) is 0 Å². The molecule has 1 aliphatic rings. The van der Waals surface area contributed by atoms with Crippen LogP contribution in [0.2, 0.25) is 0 Å². The molecule has 1 saturated heterocycles. The molecule has 0 radical (unpaired) electrons. The minimum Gasteiger partial charge on any atom is -0.396 e. The predicted octanol–water partition coefficient (Wildman–Crippen LogP) is 1.34. The molecule has 0 spiro atoms. The van der Waals surface area contributed by atoms with Crippen LogP contribution in [0.25, 0.3) is 0 Å². The zero-order valence-electron chi connectivity index (χ0n) is 11.4. The fraction of sp³-hybridized carbons (Fsp3) is 0.692. The minimum atomic E-state index is 0.280. The van der Waals surface area contributed by atoms with Gasteiger partial charge in [-0.15, -0.1) is 0 Å². The number of nitrogens with zero attached hydrogens (tertiary/aromatic N) is 3. The van der Waals surface area contributed by atoms with E-state index < -0.39 is 0 Å². The number of anilines is 2. The van der Waals surface area contributed by atoms with Crippen molar-refractivity contribution in [2.24, 2.45) is 5.92 Å². The van der Waals surface area contributed by atoms with Crippen LogP contribution in [0.1, 0.15) is 24.2 Å². The molecule has 0 bridgehead atoms. The second-order valence-electron chi connectivity index (χ2n) is 4.93. The molecule has 5 nitrogen and oxygen atoms in total. The molecule has 2 rings (SSSR count). The summed E-state index contributed by atoms with van der Waals surface area (Å²) in [4.78, 5) is 11.3. The molecule has 1 fully saturated rings. The molecular weight excluding hydrogens is 228 g/mol. The Labute approximate surface area is 108 Å². The number of aryl methyl sites for hydroxylation is 1. The summed E-state index contributed by atoms with van der Waals surface area (Å²) >= 11 is 0. The van der Waals surface area contributed by atoms with Gasteiger partial charge >= 0.3 is 0 Å². The van der Waals surface area contributed by atoms with E-state index in [9.17, 15) is 0 Å². The van der Waals surface area contributed by atoms with Gasteiger partial charge in [-0.1, -0.05) is 0 Å². The highest BCUT2D eigenvalue weighted by molar-refractivity contribution is 5.58. The van der Waals surface area contributed by atoms with E-state index in [0.717, 1.165) is 49.0 Å². The quantitative estimate of drug-likeness (QED) is 0.844. The lowest BCUT2D eigenvalue weighted by molar-refractivity contribution is 0.263. The van der Waals surface area contributed by atoms with Gasteiger partial charge in [-0.3, -0.25) is 0 Å². The summed E-state index contributed by atoms with van der Waals surface area (Å²) in [7, 11) is 1.89. The maximum atomic E-state index is 9.01. The molecule has 18 heavy (non-hydrogen) atoms. The Hall–Kier alpha value is -1.36. The maximum Gasteiger partial charge on any atom is 0.137 e. The van der Waals surface area contributed by atoms with Crippen LogP contribution in [-0.2, 0) is 0 Å². The fourth-order valence-electron chi connectivity index (χ4n) is 2.61. The Bertz CT molecular complexity index is 422. The highest BCUT2D eigenvalue weighted by atomic mass is 16.3. The lowest BCUT2D eigenvalue weighted by atomic mass is 10.1. The van der Waals surface area contributed by atoms with Gasteiger partial charge in [0.1, 0.15) is 17.5 Å². The smallest absolute Gasteiger partial charge is 0.137 e. The summed E-state index contributed by atoms with van der Waals surface area (Å²) in [6, 6.07) is 0. The molecule has 0 amide bonds. The number of nitrogens with one attached hydrogen (secondary N) is 1. The first-order chi connectivity index (χ1) is 8.65. The van der Waals surface area contributed by atoms with Gasteiger partial charge in [0.05, 0.1) is 0 Å². The van der Waals surface area contributed by atoms with Crippen molar-refractivity contribution in [1.29, 1.82) is 0 Å². The predicted molar refractivity (Wildman–Crippen MR) is 73.1 cm³/mol. The average Bonchev–Trinajstić information content (AvgIpc) is 2.80. The molecule has 2 heterocycles. The van der Waals surface area contributed by atoms with Crippen LogP contribution in [0.15, 0.2) is 0 Å². The molecule has 1 aromatic rings. The van der Waals surface area contributed by atoms with E-state index in [1.54, 1.807) is 0 Å². The topological polar surface area (TPSA) is 61.3 Å². The molecule has 1 aliphatic heterocycles. The second-order valence-corrected chi connectivity index (χ2v) is 4.93. The third-order valence-corrected chi connectivity index (χ3v) is 3.59. The average molecular weight is 250 g/mol. The summed E-state index contributed by atoms with van der Waals surface area (Å²) in [6.07, 6.45) is 2.02. The van der Waals surface area contributed by atoms with Crippen molar-refractivity contribution in [1.82, 2.24) is 9.97 Å². The van der Waals surface area contributed by atoms with Crippen LogP contribution in [0.3, 0.4) is 0 Å². The van der Waals surface area contributed by atoms with Gasteiger partial charge in [0.25, 0.3) is 0 Å². The zero-order chi connectivity index (χ0) is 13.1. The number of hydrogen-bond acceptors (Lipinski definition) is 5. The molecular formula is C13H22N4O. The maximum absolute atomic E-state index is 9.01. The van der Waals surface area contributed by atoms with Crippen molar-refractivity contribution < 1.29 is 5.11 Å². The van der Waals surface area contributed by atoms with Crippen LogP contribution >= 0.6 is 0 Å². The van der Waals surface area contributed by atoms with Gasteiger partial charge in [0, 0.05) is 32.3 Å². The summed E-state index contributed by atoms with van der Waals surface area (Å²) in [5.74, 6) is 3.32. The molecule has 1 unspecified atom stereocenters. The first kappa shape index (κ1) is 13.1. The standard InChI is InChI=1S/C13H22N4O/c1-9-12(14-3)15-10(2)16-13(9)17-6-4-11(8-17)5-7-18/h11,18H,4-8H2,1-3H3,(H,14,15,16). The summed E-state index contributed by atoms with van der Waals surface area (Å²) in [5.41, 5.74) is 1.10. The van der Waals surface area contributed by atoms with Crippen LogP contribution in [-0.4, -0.2) is 41.8 Å². The number of rotatable bonds is 4. The molecule has 2 N–H and O–H groups in total. The van der Waals surface area contributed by atoms with E-state index in [1.807, 2.05) is 14.0 Å². The SMILES string of the molecule is CNc1nc(C)nc(N2CCC(CCO)C2)c1C. The van der Waals surface area contributed by atoms with E-state index in [-0.39, 0.29) is 6.61 Å². The largest absolute Gasteiger partial charge is 0.396 e. The summed E-state index contributed by atoms with van der Waals surface area (Å²) < 4.78 is 0. The first-order valence-electron chi connectivity index (χ1n) is 6.54. The Morgan fingerprint density at radius 3 is 2.83 bits per heavy atom. The second kappa shape index (κ2) is 5.52. The molecule has 1 atom stereocenters. The van der Waals surface area contributed by atoms with Gasteiger partial charge in [0.2, 0.25) is 0 Å². The van der Waals surface area contributed by atoms with Crippen molar-refractivity contribution in [3.63, 3.8) is 0 Å². The van der Waals surface area contributed by atoms with Crippen molar-refractivity contribution >= 4 is 11.6 Å². The van der Waals surface area contributed by atoms with Crippen molar-refractivity contribution in [3.8, 4) is 0 Å². The molecule has 0 saturated carbocycles. The van der Waals surface area contributed by atoms with Crippen LogP contribution < -0.4 is 10.2 Å². The van der Waals surface area contributed by atoms with Crippen LogP contribution in [0.4, 0.5) is 11.6 Å². The highest BCUT2D eigenvalue weighted by Gasteiger charge is 2.25. The van der Waals surface area contributed by atoms with Gasteiger partial charge in [-0.05, 0) is 32.6 Å². The molecule has 1 aromatic heterocycles. The molecule has 0 aliphatic carbocycles. The van der Waals surface area contributed by atoms with Crippen molar-refractivity contribution in [3.05, 3.63) is 11.4 Å². The molecule has 100 valence electrons. The fourth-order valence-corrected chi connectivity index (χ4v) is 2.61. The Balaban J connectivity index is 2.21. The summed E-state index contributed by atoms with van der Waals surface area (Å²) in [5, 5.41) is 12.1. The normalized spacial score (nSPS) is 19.3. The van der Waals surface area contributed by atoms with Gasteiger partial charge < -0.3 is 15.3 Å². The van der Waals surface area contributed by atoms with Crippen LogP contribution in [0, 0.1) is 19.8 Å². The van der Waals surface area contributed by atoms with E-state index >= 15 is 0 Å². The number of aliphatic hydroxyl groups excluding tert-OH is 1. The molecule has 5 heteroatoms. The lowest BCUT2D eigenvalue weighted by Crippen LogP contribution is -2.23. The van der Waals surface area contributed by atoms with E-state index in [2.05, 4.69) is 27.1 Å².